The lowest BCUT2D eigenvalue weighted by atomic mass is 10.3. The van der Waals surface area contributed by atoms with E-state index in [1.807, 2.05) is 5.32 Å². The van der Waals surface area contributed by atoms with Crippen LogP contribution in [0.2, 0.25) is 0 Å². The average Bonchev–Trinajstić information content (AvgIpc) is 2.13. The first-order chi connectivity index (χ1) is 8.12. The molecular weight excluding hydrogens is 284 g/mol. The van der Waals surface area contributed by atoms with Gasteiger partial charge in [-0.2, -0.15) is 0 Å². The molecule has 10 heteroatoms. The topological polar surface area (TPSA) is 144 Å². The van der Waals surface area contributed by atoms with Crippen LogP contribution < -0.4 is 5.32 Å². The van der Waals surface area contributed by atoms with Gasteiger partial charge in [0.1, 0.15) is 0 Å². The zero-order valence-electron chi connectivity index (χ0n) is 8.87. The molecule has 1 amide bonds. The maximum absolute atomic E-state index is 11.5. The molecule has 0 aliphatic heterocycles. The Morgan fingerprint density at radius 3 is 1.83 bits per heavy atom. The molecule has 0 radical (unpaired) electrons. The number of hydrogen-bond donors (Lipinski definition) is 5. The Hall–Kier alpha value is -1.01. The minimum absolute atomic E-state index is 0.175. The predicted molar refractivity (Wildman–Crippen MR) is 62.9 cm³/mol. The number of anilines is 1. The molecule has 100 valence electrons. The van der Waals surface area contributed by atoms with Crippen LogP contribution in [0.1, 0.15) is 0 Å². The Labute approximate surface area is 102 Å². The summed E-state index contributed by atoms with van der Waals surface area (Å²) in [4.78, 5) is 46.8. The zero-order valence-corrected chi connectivity index (χ0v) is 10.7. The molecule has 1 rings (SSSR count). The number of nitrogens with one attached hydrogen (secondary N) is 1. The standard InChI is InChI=1S/C8H11NO7P2/c10-7(9-6-4-2-1-3-5-6)8(17(11,12)13)18(14,15)16/h1-5,8H,(H,9,10)(H2,11,12,13)(H2,14,15,16). The molecule has 1 aromatic carbocycles. The third-order valence-electron chi connectivity index (χ3n) is 1.91. The second kappa shape index (κ2) is 5.32. The highest BCUT2D eigenvalue weighted by molar-refractivity contribution is 7.72. The Kier molecular flexibility index (Phi) is 4.45. The molecule has 0 saturated heterocycles. The lowest BCUT2D eigenvalue weighted by Gasteiger charge is -2.18. The molecule has 0 fully saturated rings. The van der Waals surface area contributed by atoms with Crippen molar-refractivity contribution in [1.82, 2.24) is 0 Å². The molecule has 0 unspecified atom stereocenters. The summed E-state index contributed by atoms with van der Waals surface area (Å²) in [5, 5.41) is -0.672. The third kappa shape index (κ3) is 4.03. The summed E-state index contributed by atoms with van der Waals surface area (Å²) in [6, 6.07) is 7.54. The van der Waals surface area contributed by atoms with Gasteiger partial charge in [-0.25, -0.2) is 0 Å². The lowest BCUT2D eigenvalue weighted by molar-refractivity contribution is -0.115. The smallest absolute Gasteiger partial charge is 0.325 e. The summed E-state index contributed by atoms with van der Waals surface area (Å²) in [6.45, 7) is 0. The zero-order chi connectivity index (χ0) is 14.0. The highest BCUT2D eigenvalue weighted by atomic mass is 31.2. The van der Waals surface area contributed by atoms with Crippen molar-refractivity contribution in [3.05, 3.63) is 30.3 Å². The summed E-state index contributed by atoms with van der Waals surface area (Å²) in [5.74, 6) is -1.43. The van der Waals surface area contributed by atoms with E-state index in [0.717, 1.165) is 0 Å². The van der Waals surface area contributed by atoms with E-state index in [1.54, 1.807) is 18.2 Å². The van der Waals surface area contributed by atoms with E-state index in [-0.39, 0.29) is 5.69 Å². The maximum atomic E-state index is 11.5. The predicted octanol–water partition coefficient (Wildman–Crippen LogP) is 0.307. The summed E-state index contributed by atoms with van der Waals surface area (Å²) < 4.78 is 21.9. The maximum Gasteiger partial charge on any atom is 0.350 e. The van der Waals surface area contributed by atoms with Gasteiger partial charge >= 0.3 is 15.2 Å². The average molecular weight is 295 g/mol. The van der Waals surface area contributed by atoms with E-state index in [1.165, 1.54) is 12.1 Å². The van der Waals surface area contributed by atoms with Gasteiger partial charge in [0.15, 0.2) is 0 Å². The molecular formula is C8H11NO7P2. The fourth-order valence-electron chi connectivity index (χ4n) is 1.23. The number of hydrogen-bond acceptors (Lipinski definition) is 3. The number of amides is 1. The minimum Gasteiger partial charge on any atom is -0.325 e. The first-order valence-corrected chi connectivity index (χ1v) is 7.95. The molecule has 0 bridgehead atoms. The van der Waals surface area contributed by atoms with E-state index in [0.29, 0.717) is 0 Å². The second-order valence-corrected chi connectivity index (χ2v) is 7.20. The molecule has 0 heterocycles. The van der Waals surface area contributed by atoms with Crippen molar-refractivity contribution < 1.29 is 33.5 Å². The van der Waals surface area contributed by atoms with Crippen LogP contribution in [0.15, 0.2) is 30.3 Å². The van der Waals surface area contributed by atoms with Gasteiger partial charge in [-0.3, -0.25) is 13.9 Å². The number of benzene rings is 1. The first kappa shape index (κ1) is 15.0. The fourth-order valence-corrected chi connectivity index (χ4v) is 3.54. The van der Waals surface area contributed by atoms with Gasteiger partial charge in [-0.15, -0.1) is 0 Å². The number of para-hydroxylation sites is 1. The van der Waals surface area contributed by atoms with Crippen LogP contribution >= 0.6 is 15.2 Å². The molecule has 0 saturated carbocycles. The Morgan fingerprint density at radius 2 is 1.44 bits per heavy atom. The molecule has 5 N–H and O–H groups in total. The highest BCUT2D eigenvalue weighted by Gasteiger charge is 2.49. The quantitative estimate of drug-likeness (QED) is 0.502. The van der Waals surface area contributed by atoms with Gasteiger partial charge in [0.25, 0.3) is 5.91 Å². The molecule has 0 spiro atoms. The summed E-state index contributed by atoms with van der Waals surface area (Å²) in [5.41, 5.74) is 0.175. The van der Waals surface area contributed by atoms with E-state index in [4.69, 9.17) is 19.6 Å². The molecule has 0 atom stereocenters. The lowest BCUT2D eigenvalue weighted by Crippen LogP contribution is -2.27. The molecule has 18 heavy (non-hydrogen) atoms. The van der Waals surface area contributed by atoms with Crippen molar-refractivity contribution in [3.63, 3.8) is 0 Å². The number of carbonyl (C=O) groups excluding carboxylic acids is 1. The fraction of sp³-hybridized carbons (Fsp3) is 0.125. The van der Waals surface area contributed by atoms with Crippen LogP contribution in [0.5, 0.6) is 0 Å². The van der Waals surface area contributed by atoms with Crippen molar-refractivity contribution in [2.45, 2.75) is 5.40 Å². The van der Waals surface area contributed by atoms with Gasteiger partial charge in [0.2, 0.25) is 5.40 Å². The van der Waals surface area contributed by atoms with Gasteiger partial charge < -0.3 is 24.9 Å². The Balaban J connectivity index is 2.99. The molecule has 1 aromatic rings. The largest absolute Gasteiger partial charge is 0.350 e. The molecule has 8 nitrogen and oxygen atoms in total. The van der Waals surface area contributed by atoms with E-state index in [9.17, 15) is 13.9 Å². The van der Waals surface area contributed by atoms with Crippen LogP contribution in [0.3, 0.4) is 0 Å². The summed E-state index contributed by atoms with van der Waals surface area (Å²) in [7, 11) is -10.5. The van der Waals surface area contributed by atoms with E-state index >= 15 is 0 Å². The van der Waals surface area contributed by atoms with Crippen LogP contribution in [0.25, 0.3) is 0 Å². The monoisotopic (exact) mass is 295 g/mol. The van der Waals surface area contributed by atoms with Crippen LogP contribution in [-0.2, 0) is 13.9 Å². The number of rotatable bonds is 4. The first-order valence-electron chi connectivity index (χ1n) is 4.59. The SMILES string of the molecule is O=C(Nc1ccccc1)C(P(=O)(O)O)P(=O)(O)O. The summed E-state index contributed by atoms with van der Waals surface area (Å²) >= 11 is 0. The van der Waals surface area contributed by atoms with Crippen LogP contribution in [-0.4, -0.2) is 30.9 Å². The van der Waals surface area contributed by atoms with Gasteiger partial charge in [-0.05, 0) is 12.1 Å². The Bertz CT molecular complexity index is 498. The highest BCUT2D eigenvalue weighted by Crippen LogP contribution is 2.60. The van der Waals surface area contributed by atoms with E-state index < -0.39 is 26.5 Å². The third-order valence-corrected chi connectivity index (χ3v) is 5.46. The van der Waals surface area contributed by atoms with Gasteiger partial charge in [0, 0.05) is 5.69 Å². The van der Waals surface area contributed by atoms with Gasteiger partial charge in [-0.1, -0.05) is 18.2 Å². The Morgan fingerprint density at radius 1 is 1.00 bits per heavy atom. The molecule has 0 aliphatic carbocycles. The molecule has 0 aliphatic rings. The van der Waals surface area contributed by atoms with Crippen molar-refractivity contribution in [2.75, 3.05) is 5.32 Å². The normalized spacial score (nSPS) is 12.5. The van der Waals surface area contributed by atoms with Crippen molar-refractivity contribution in [3.8, 4) is 0 Å². The van der Waals surface area contributed by atoms with Crippen LogP contribution in [0.4, 0.5) is 5.69 Å². The van der Waals surface area contributed by atoms with Crippen molar-refractivity contribution in [2.24, 2.45) is 0 Å². The second-order valence-electron chi connectivity index (χ2n) is 3.41. The number of carbonyl (C=O) groups is 1. The minimum atomic E-state index is -5.27. The summed E-state index contributed by atoms with van der Waals surface area (Å²) in [6.07, 6.45) is 0. The van der Waals surface area contributed by atoms with Crippen LogP contribution in [0, 0.1) is 0 Å². The molecule has 0 aromatic heterocycles. The van der Waals surface area contributed by atoms with Gasteiger partial charge in [0.05, 0.1) is 0 Å². The van der Waals surface area contributed by atoms with Crippen molar-refractivity contribution >= 4 is 26.8 Å². The van der Waals surface area contributed by atoms with E-state index in [2.05, 4.69) is 0 Å². The van der Waals surface area contributed by atoms with Crippen molar-refractivity contribution in [1.29, 1.82) is 0 Å².